The van der Waals surface area contributed by atoms with Crippen LogP contribution in [-0.4, -0.2) is 52.8 Å². The molecule has 130 valence electrons. The third-order valence-electron chi connectivity index (χ3n) is 4.88. The van der Waals surface area contributed by atoms with Gasteiger partial charge in [0.25, 0.3) is 0 Å². The van der Waals surface area contributed by atoms with Crippen LogP contribution in [0.15, 0.2) is 24.3 Å². The molecule has 1 aromatic heterocycles. The Bertz CT molecular complexity index is 647. The smallest absolute Gasteiger partial charge is 0.241 e. The van der Waals surface area contributed by atoms with E-state index in [9.17, 15) is 0 Å². The molecular weight excluding hydrogens is 324 g/mol. The fraction of sp³-hybridized carbons (Fsp3) is 0.529. The molecule has 3 N–H and O–H groups in total. The molecule has 1 fully saturated rings. The summed E-state index contributed by atoms with van der Waals surface area (Å²) in [7, 11) is 2.22. The summed E-state index contributed by atoms with van der Waals surface area (Å²) in [5.74, 6) is 1.57. The molecule has 7 heteroatoms. The van der Waals surface area contributed by atoms with Gasteiger partial charge in [-0.15, -0.1) is 5.10 Å². The Hall–Kier alpha value is -1.79. The summed E-state index contributed by atoms with van der Waals surface area (Å²) in [5, 5.41) is 7.59. The minimum atomic E-state index is 0.307. The van der Waals surface area contributed by atoms with E-state index in [2.05, 4.69) is 51.1 Å². The average molecular weight is 349 g/mol. The quantitative estimate of drug-likeness (QED) is 0.869. The number of aromatic nitrogens is 3. The number of nitrogens with two attached hydrogens (primary N) is 1. The SMILES string of the molecule is CC(CN(C)C1CCN(c2nc(N)n[nH]2)CC1)c1ccc(Cl)cc1. The number of hydrogen-bond donors (Lipinski definition) is 2. The largest absolute Gasteiger partial charge is 0.366 e. The molecule has 1 unspecified atom stereocenters. The highest BCUT2D eigenvalue weighted by Gasteiger charge is 2.25. The fourth-order valence-electron chi connectivity index (χ4n) is 3.40. The highest BCUT2D eigenvalue weighted by atomic mass is 35.5. The van der Waals surface area contributed by atoms with Crippen LogP contribution in [0.4, 0.5) is 11.9 Å². The number of rotatable bonds is 5. The van der Waals surface area contributed by atoms with Gasteiger partial charge in [0.1, 0.15) is 0 Å². The maximum Gasteiger partial charge on any atom is 0.241 e. The van der Waals surface area contributed by atoms with Gasteiger partial charge >= 0.3 is 0 Å². The lowest BCUT2D eigenvalue weighted by Crippen LogP contribution is -2.44. The Morgan fingerprint density at radius 1 is 1.33 bits per heavy atom. The molecule has 2 heterocycles. The van der Waals surface area contributed by atoms with E-state index < -0.39 is 0 Å². The molecule has 1 aromatic carbocycles. The van der Waals surface area contributed by atoms with Crippen LogP contribution in [-0.2, 0) is 0 Å². The molecule has 0 radical (unpaired) electrons. The topological polar surface area (TPSA) is 74.1 Å². The van der Waals surface area contributed by atoms with Crippen LogP contribution in [0.5, 0.6) is 0 Å². The van der Waals surface area contributed by atoms with E-state index in [1.165, 1.54) is 5.56 Å². The lowest BCUT2D eigenvalue weighted by Gasteiger charge is -2.37. The molecular formula is C17H25ClN6. The Labute approximate surface area is 148 Å². The van der Waals surface area contributed by atoms with Crippen LogP contribution in [0, 0.1) is 0 Å². The first-order chi connectivity index (χ1) is 11.5. The van der Waals surface area contributed by atoms with Crippen LogP contribution in [0.3, 0.4) is 0 Å². The summed E-state index contributed by atoms with van der Waals surface area (Å²) in [6, 6.07) is 8.77. The molecule has 0 bridgehead atoms. The van der Waals surface area contributed by atoms with Crippen LogP contribution < -0.4 is 10.6 Å². The van der Waals surface area contributed by atoms with E-state index in [-0.39, 0.29) is 0 Å². The number of piperidine rings is 1. The number of nitrogen functional groups attached to an aromatic ring is 1. The zero-order valence-electron chi connectivity index (χ0n) is 14.2. The molecule has 2 aromatic rings. The fourth-order valence-corrected chi connectivity index (χ4v) is 3.53. The van der Waals surface area contributed by atoms with Crippen LogP contribution in [0.2, 0.25) is 5.02 Å². The van der Waals surface area contributed by atoms with Gasteiger partial charge < -0.3 is 15.5 Å². The first-order valence-electron chi connectivity index (χ1n) is 8.41. The number of H-pyrrole nitrogens is 1. The highest BCUT2D eigenvalue weighted by Crippen LogP contribution is 2.23. The van der Waals surface area contributed by atoms with E-state index in [4.69, 9.17) is 17.3 Å². The summed E-state index contributed by atoms with van der Waals surface area (Å²) in [6.45, 7) is 5.26. The van der Waals surface area contributed by atoms with Crippen molar-refractivity contribution < 1.29 is 0 Å². The number of nitrogens with one attached hydrogen (secondary N) is 1. The minimum Gasteiger partial charge on any atom is -0.366 e. The summed E-state index contributed by atoms with van der Waals surface area (Å²) in [4.78, 5) is 8.91. The maximum atomic E-state index is 5.97. The molecule has 1 atom stereocenters. The molecule has 0 aliphatic carbocycles. The van der Waals surface area contributed by atoms with Crippen molar-refractivity contribution in [2.75, 3.05) is 37.3 Å². The van der Waals surface area contributed by atoms with Gasteiger partial charge in [0.05, 0.1) is 0 Å². The second kappa shape index (κ2) is 7.40. The van der Waals surface area contributed by atoms with Crippen molar-refractivity contribution in [2.45, 2.75) is 31.7 Å². The molecule has 6 nitrogen and oxygen atoms in total. The number of nitrogens with zero attached hydrogens (tertiary/aromatic N) is 4. The van der Waals surface area contributed by atoms with Crippen LogP contribution in [0.25, 0.3) is 0 Å². The second-order valence-corrected chi connectivity index (χ2v) is 7.06. The zero-order chi connectivity index (χ0) is 17.1. The molecule has 1 aliphatic heterocycles. The molecule has 0 saturated carbocycles. The normalized spacial score (nSPS) is 17.4. The van der Waals surface area contributed by atoms with Crippen molar-refractivity contribution in [2.24, 2.45) is 0 Å². The Kier molecular flexibility index (Phi) is 5.26. The first-order valence-corrected chi connectivity index (χ1v) is 8.79. The summed E-state index contributed by atoms with van der Waals surface area (Å²) < 4.78 is 0. The number of halogens is 1. The summed E-state index contributed by atoms with van der Waals surface area (Å²) in [5.41, 5.74) is 6.92. The second-order valence-electron chi connectivity index (χ2n) is 6.63. The number of aromatic amines is 1. The number of anilines is 2. The van der Waals surface area contributed by atoms with Gasteiger partial charge in [0, 0.05) is 30.7 Å². The van der Waals surface area contributed by atoms with Gasteiger partial charge in [0.15, 0.2) is 0 Å². The van der Waals surface area contributed by atoms with Gasteiger partial charge in [-0.2, -0.15) is 4.98 Å². The molecule has 3 rings (SSSR count). The third-order valence-corrected chi connectivity index (χ3v) is 5.13. The molecule has 1 aliphatic rings. The third kappa shape index (κ3) is 3.99. The van der Waals surface area contributed by atoms with Crippen molar-refractivity contribution in [3.63, 3.8) is 0 Å². The molecule has 0 amide bonds. The van der Waals surface area contributed by atoms with Gasteiger partial charge in [-0.25, -0.2) is 5.10 Å². The number of likely N-dealkylation sites (N-methyl/N-ethyl adjacent to an activating group) is 1. The molecule has 0 spiro atoms. The van der Waals surface area contributed by atoms with Crippen LogP contribution in [0.1, 0.15) is 31.2 Å². The lowest BCUT2D eigenvalue weighted by molar-refractivity contribution is 0.199. The van der Waals surface area contributed by atoms with Crippen LogP contribution >= 0.6 is 11.6 Å². The van der Waals surface area contributed by atoms with Crippen molar-refractivity contribution in [3.8, 4) is 0 Å². The molecule has 1 saturated heterocycles. The number of benzene rings is 1. The monoisotopic (exact) mass is 348 g/mol. The van der Waals surface area contributed by atoms with Gasteiger partial charge in [-0.05, 0) is 43.5 Å². The van der Waals surface area contributed by atoms with E-state index in [0.717, 1.165) is 43.4 Å². The summed E-state index contributed by atoms with van der Waals surface area (Å²) in [6.07, 6.45) is 2.23. The zero-order valence-corrected chi connectivity index (χ0v) is 15.0. The van der Waals surface area contributed by atoms with E-state index in [1.807, 2.05) is 12.1 Å². The Balaban J connectivity index is 1.51. The predicted molar refractivity (Wildman–Crippen MR) is 98.5 cm³/mol. The van der Waals surface area contributed by atoms with Gasteiger partial charge in [0.2, 0.25) is 11.9 Å². The Morgan fingerprint density at radius 3 is 2.58 bits per heavy atom. The highest BCUT2D eigenvalue weighted by molar-refractivity contribution is 6.30. The average Bonchev–Trinajstić information content (AvgIpc) is 3.02. The van der Waals surface area contributed by atoms with E-state index in [0.29, 0.717) is 17.9 Å². The van der Waals surface area contributed by atoms with E-state index in [1.54, 1.807) is 0 Å². The van der Waals surface area contributed by atoms with Crippen molar-refractivity contribution >= 4 is 23.5 Å². The first kappa shape index (κ1) is 17.0. The summed E-state index contributed by atoms with van der Waals surface area (Å²) >= 11 is 5.97. The Morgan fingerprint density at radius 2 is 2.00 bits per heavy atom. The van der Waals surface area contributed by atoms with Crippen molar-refractivity contribution in [1.82, 2.24) is 20.1 Å². The molecule has 24 heavy (non-hydrogen) atoms. The standard InChI is InChI=1S/C17H25ClN6/c1-12(13-3-5-14(18)6-4-13)11-23(2)15-7-9-24(10-8-15)17-20-16(19)21-22-17/h3-6,12,15H,7-11H2,1-2H3,(H3,19,20,21,22). The minimum absolute atomic E-state index is 0.307. The lowest BCUT2D eigenvalue weighted by atomic mass is 9.98. The predicted octanol–water partition coefficient (Wildman–Crippen LogP) is 2.74. The van der Waals surface area contributed by atoms with Gasteiger partial charge in [-0.3, -0.25) is 0 Å². The van der Waals surface area contributed by atoms with Crippen molar-refractivity contribution in [3.05, 3.63) is 34.9 Å². The van der Waals surface area contributed by atoms with Crippen molar-refractivity contribution in [1.29, 1.82) is 0 Å². The van der Waals surface area contributed by atoms with E-state index >= 15 is 0 Å². The maximum absolute atomic E-state index is 5.97. The number of hydrogen-bond acceptors (Lipinski definition) is 5. The van der Waals surface area contributed by atoms with Gasteiger partial charge in [-0.1, -0.05) is 30.7 Å².